The largest absolute Gasteiger partial charge is 0.444 e. The first-order valence-electron chi connectivity index (χ1n) is 6.64. The Bertz CT molecular complexity index is 327. The summed E-state index contributed by atoms with van der Waals surface area (Å²) >= 11 is 0. The van der Waals surface area contributed by atoms with Crippen molar-refractivity contribution in [2.75, 3.05) is 26.3 Å². The number of nitrogens with two attached hydrogens (primary N) is 1. The molecule has 0 aliphatic carbocycles. The minimum Gasteiger partial charge on any atom is -0.444 e. The average molecular weight is 256 g/mol. The lowest BCUT2D eigenvalue weighted by Crippen LogP contribution is -2.51. The number of ether oxygens (including phenoxy) is 2. The predicted molar refractivity (Wildman–Crippen MR) is 68.3 cm³/mol. The third kappa shape index (κ3) is 2.78. The molecule has 2 aliphatic rings. The molecule has 1 spiro atoms. The second kappa shape index (κ2) is 4.70. The van der Waals surface area contributed by atoms with Crippen molar-refractivity contribution < 1.29 is 14.3 Å². The fraction of sp³-hybridized carbons (Fsp3) is 0.923. The lowest BCUT2D eigenvalue weighted by molar-refractivity contribution is -0.0201. The summed E-state index contributed by atoms with van der Waals surface area (Å²) in [6.45, 7) is 8.41. The normalized spacial score (nSPS) is 32.9. The molecule has 2 saturated heterocycles. The molecular formula is C13H24N2O3. The van der Waals surface area contributed by atoms with E-state index in [2.05, 4.69) is 0 Å². The topological polar surface area (TPSA) is 64.8 Å². The molecule has 1 amide bonds. The highest BCUT2D eigenvalue weighted by Gasteiger charge is 2.47. The average Bonchev–Trinajstić information content (AvgIpc) is 2.66. The smallest absolute Gasteiger partial charge is 0.410 e. The van der Waals surface area contributed by atoms with Crippen molar-refractivity contribution in [2.45, 2.75) is 45.3 Å². The number of rotatable bonds is 0. The molecule has 0 aromatic carbocycles. The Balaban J connectivity index is 1.97. The van der Waals surface area contributed by atoms with E-state index in [0.717, 1.165) is 19.4 Å². The molecule has 2 unspecified atom stereocenters. The van der Waals surface area contributed by atoms with Gasteiger partial charge in [0.25, 0.3) is 0 Å². The molecule has 2 rings (SSSR count). The van der Waals surface area contributed by atoms with Crippen LogP contribution in [0.15, 0.2) is 0 Å². The van der Waals surface area contributed by atoms with Gasteiger partial charge in [0.15, 0.2) is 0 Å². The van der Waals surface area contributed by atoms with Gasteiger partial charge in [-0.2, -0.15) is 0 Å². The Kier molecular flexibility index (Phi) is 3.56. The van der Waals surface area contributed by atoms with Gasteiger partial charge in [-0.1, -0.05) is 0 Å². The monoisotopic (exact) mass is 256 g/mol. The number of carbonyl (C=O) groups is 1. The van der Waals surface area contributed by atoms with E-state index >= 15 is 0 Å². The van der Waals surface area contributed by atoms with E-state index in [9.17, 15) is 4.79 Å². The molecule has 2 heterocycles. The second-order valence-electron chi connectivity index (χ2n) is 6.46. The van der Waals surface area contributed by atoms with Crippen LogP contribution >= 0.6 is 0 Å². The van der Waals surface area contributed by atoms with E-state index in [1.807, 2.05) is 20.8 Å². The molecule has 104 valence electrons. The minimum absolute atomic E-state index is 0.0604. The molecule has 0 radical (unpaired) electrons. The minimum atomic E-state index is -0.446. The highest BCUT2D eigenvalue weighted by molar-refractivity contribution is 5.68. The zero-order chi connectivity index (χ0) is 13.4. The van der Waals surface area contributed by atoms with Crippen molar-refractivity contribution in [3.05, 3.63) is 0 Å². The Morgan fingerprint density at radius 1 is 1.50 bits per heavy atom. The van der Waals surface area contributed by atoms with Gasteiger partial charge >= 0.3 is 6.09 Å². The van der Waals surface area contributed by atoms with E-state index < -0.39 is 5.60 Å². The highest BCUT2D eigenvalue weighted by Crippen LogP contribution is 2.37. The zero-order valence-electron chi connectivity index (χ0n) is 11.6. The summed E-state index contributed by atoms with van der Waals surface area (Å²) in [5.41, 5.74) is 5.70. The van der Waals surface area contributed by atoms with Crippen molar-refractivity contribution in [3.8, 4) is 0 Å². The van der Waals surface area contributed by atoms with Crippen LogP contribution in [0.3, 0.4) is 0 Å². The van der Waals surface area contributed by atoms with Gasteiger partial charge in [-0.25, -0.2) is 4.79 Å². The summed E-state index contributed by atoms with van der Waals surface area (Å²) in [6.07, 6.45) is 1.55. The molecule has 2 N–H and O–H groups in total. The maximum atomic E-state index is 12.0. The number of amides is 1. The molecule has 2 aliphatic heterocycles. The third-order valence-electron chi connectivity index (χ3n) is 3.79. The number of hydrogen-bond donors (Lipinski definition) is 1. The first-order chi connectivity index (χ1) is 8.32. The van der Waals surface area contributed by atoms with Crippen molar-refractivity contribution in [2.24, 2.45) is 11.1 Å². The summed E-state index contributed by atoms with van der Waals surface area (Å²) in [4.78, 5) is 13.8. The van der Waals surface area contributed by atoms with E-state index in [1.54, 1.807) is 4.90 Å². The Morgan fingerprint density at radius 2 is 2.22 bits per heavy atom. The Hall–Kier alpha value is -0.810. The van der Waals surface area contributed by atoms with Crippen LogP contribution in [0, 0.1) is 5.41 Å². The van der Waals surface area contributed by atoms with Gasteiger partial charge in [0.05, 0.1) is 6.61 Å². The fourth-order valence-electron chi connectivity index (χ4n) is 2.70. The molecule has 0 bridgehead atoms. The molecule has 0 aromatic rings. The number of nitrogens with zero attached hydrogens (tertiary/aromatic N) is 1. The van der Waals surface area contributed by atoms with Gasteiger partial charge in [0, 0.05) is 31.2 Å². The summed E-state index contributed by atoms with van der Waals surface area (Å²) < 4.78 is 10.9. The molecule has 2 atom stereocenters. The van der Waals surface area contributed by atoms with Gasteiger partial charge in [-0.05, 0) is 33.6 Å². The van der Waals surface area contributed by atoms with Crippen LogP contribution in [0.5, 0.6) is 0 Å². The van der Waals surface area contributed by atoms with Crippen LogP contribution in [0.1, 0.15) is 33.6 Å². The van der Waals surface area contributed by atoms with Crippen LogP contribution in [0.25, 0.3) is 0 Å². The SMILES string of the molecule is CC(C)(C)OC(=O)N1CCC2(COCCC2N)C1. The fourth-order valence-corrected chi connectivity index (χ4v) is 2.70. The number of likely N-dealkylation sites (tertiary alicyclic amines) is 1. The highest BCUT2D eigenvalue weighted by atomic mass is 16.6. The first kappa shape index (κ1) is 13.6. The molecule has 18 heavy (non-hydrogen) atoms. The summed E-state index contributed by atoms with van der Waals surface area (Å²) in [5.74, 6) is 0. The Morgan fingerprint density at radius 3 is 2.83 bits per heavy atom. The molecule has 0 saturated carbocycles. The van der Waals surface area contributed by atoms with Crippen molar-refractivity contribution in [1.82, 2.24) is 4.90 Å². The first-order valence-corrected chi connectivity index (χ1v) is 6.64. The van der Waals surface area contributed by atoms with Crippen LogP contribution in [0.2, 0.25) is 0 Å². The van der Waals surface area contributed by atoms with Gasteiger partial charge in [-0.15, -0.1) is 0 Å². The summed E-state index contributed by atoms with van der Waals surface area (Å²) in [5, 5.41) is 0. The zero-order valence-corrected chi connectivity index (χ0v) is 11.6. The quantitative estimate of drug-likeness (QED) is 0.711. The molecule has 0 aromatic heterocycles. The number of hydrogen-bond acceptors (Lipinski definition) is 4. The number of carbonyl (C=O) groups excluding carboxylic acids is 1. The van der Waals surface area contributed by atoms with Crippen molar-refractivity contribution >= 4 is 6.09 Å². The van der Waals surface area contributed by atoms with Crippen LogP contribution in [0.4, 0.5) is 4.79 Å². The molecular weight excluding hydrogens is 232 g/mol. The lowest BCUT2D eigenvalue weighted by atomic mass is 9.78. The lowest BCUT2D eigenvalue weighted by Gasteiger charge is -2.38. The van der Waals surface area contributed by atoms with Crippen molar-refractivity contribution in [1.29, 1.82) is 0 Å². The Labute approximate surface area is 109 Å². The summed E-state index contributed by atoms with van der Waals surface area (Å²) in [6, 6.07) is 0.124. The standard InChI is InChI=1S/C13H24N2O3/c1-12(2,3)18-11(16)15-6-5-13(8-15)9-17-7-4-10(13)14/h10H,4-9,14H2,1-3H3. The van der Waals surface area contributed by atoms with E-state index in [0.29, 0.717) is 19.7 Å². The maximum Gasteiger partial charge on any atom is 0.410 e. The third-order valence-corrected chi connectivity index (χ3v) is 3.79. The van der Waals surface area contributed by atoms with Gasteiger partial charge < -0.3 is 20.1 Å². The van der Waals surface area contributed by atoms with Crippen LogP contribution in [-0.4, -0.2) is 48.9 Å². The van der Waals surface area contributed by atoms with E-state index in [-0.39, 0.29) is 17.6 Å². The molecule has 5 heteroatoms. The molecule has 2 fully saturated rings. The van der Waals surface area contributed by atoms with E-state index in [4.69, 9.17) is 15.2 Å². The van der Waals surface area contributed by atoms with Gasteiger partial charge in [0.2, 0.25) is 0 Å². The van der Waals surface area contributed by atoms with Gasteiger partial charge in [-0.3, -0.25) is 0 Å². The summed E-state index contributed by atoms with van der Waals surface area (Å²) in [7, 11) is 0. The van der Waals surface area contributed by atoms with Gasteiger partial charge in [0.1, 0.15) is 5.60 Å². The predicted octanol–water partition coefficient (Wildman–Crippen LogP) is 1.36. The molecule has 5 nitrogen and oxygen atoms in total. The van der Waals surface area contributed by atoms with E-state index in [1.165, 1.54) is 0 Å². The maximum absolute atomic E-state index is 12.0. The second-order valence-corrected chi connectivity index (χ2v) is 6.46. The van der Waals surface area contributed by atoms with Crippen LogP contribution in [-0.2, 0) is 9.47 Å². The van der Waals surface area contributed by atoms with Crippen LogP contribution < -0.4 is 5.73 Å². The van der Waals surface area contributed by atoms with Crippen molar-refractivity contribution in [3.63, 3.8) is 0 Å².